The second-order valence-corrected chi connectivity index (χ2v) is 4.48. The highest BCUT2D eigenvalue weighted by Crippen LogP contribution is 2.08. The van der Waals surface area contributed by atoms with Gasteiger partial charge in [0.2, 0.25) is 0 Å². The zero-order valence-corrected chi connectivity index (χ0v) is 9.51. The molecule has 0 rings (SSSR count). The Labute approximate surface area is 82.7 Å². The van der Waals surface area contributed by atoms with Crippen LogP contribution in [0.1, 0.15) is 47.0 Å². The third-order valence-corrected chi connectivity index (χ3v) is 2.26. The zero-order valence-electron chi connectivity index (χ0n) is 9.51. The Bertz CT molecular complexity index is 115. The van der Waals surface area contributed by atoms with Crippen molar-refractivity contribution >= 4 is 0 Å². The molecule has 2 N–H and O–H groups in total. The van der Waals surface area contributed by atoms with Crippen LogP contribution in [0, 0.1) is 5.92 Å². The predicted molar refractivity (Wildman–Crippen MR) is 57.8 cm³/mol. The lowest BCUT2D eigenvalue weighted by Crippen LogP contribution is -2.36. The molecule has 0 aromatic heterocycles. The summed E-state index contributed by atoms with van der Waals surface area (Å²) in [5, 5.41) is 12.2. The van der Waals surface area contributed by atoms with Crippen molar-refractivity contribution in [3.63, 3.8) is 0 Å². The summed E-state index contributed by atoms with van der Waals surface area (Å²) in [7, 11) is 0. The van der Waals surface area contributed by atoms with Crippen LogP contribution in [0.15, 0.2) is 0 Å². The van der Waals surface area contributed by atoms with Crippen LogP contribution in [-0.4, -0.2) is 23.8 Å². The highest BCUT2D eigenvalue weighted by Gasteiger charge is 2.05. The van der Waals surface area contributed by atoms with E-state index in [9.17, 15) is 0 Å². The van der Waals surface area contributed by atoms with E-state index in [0.717, 1.165) is 5.92 Å². The van der Waals surface area contributed by atoms with Gasteiger partial charge < -0.3 is 10.4 Å². The minimum atomic E-state index is 0.231. The predicted octanol–water partition coefficient (Wildman–Crippen LogP) is 2.17. The molecule has 2 heteroatoms. The van der Waals surface area contributed by atoms with E-state index in [4.69, 9.17) is 5.11 Å². The number of aliphatic hydroxyl groups is 1. The first-order chi connectivity index (χ1) is 6.06. The summed E-state index contributed by atoms with van der Waals surface area (Å²) in [5.74, 6) is 0.808. The van der Waals surface area contributed by atoms with Gasteiger partial charge in [0.15, 0.2) is 0 Å². The average molecular weight is 187 g/mol. The molecule has 0 spiro atoms. The van der Waals surface area contributed by atoms with Crippen LogP contribution >= 0.6 is 0 Å². The largest absolute Gasteiger partial charge is 0.395 e. The number of aliphatic hydroxyl groups excluding tert-OH is 1. The van der Waals surface area contributed by atoms with E-state index in [1.807, 2.05) is 6.92 Å². The van der Waals surface area contributed by atoms with Crippen LogP contribution in [0.2, 0.25) is 0 Å². The first-order valence-corrected chi connectivity index (χ1v) is 5.43. The van der Waals surface area contributed by atoms with Crippen molar-refractivity contribution < 1.29 is 5.11 Å². The number of hydrogen-bond acceptors (Lipinski definition) is 2. The molecule has 0 aliphatic carbocycles. The smallest absolute Gasteiger partial charge is 0.0582 e. The van der Waals surface area contributed by atoms with Gasteiger partial charge in [-0.05, 0) is 26.2 Å². The number of hydrogen-bond donors (Lipinski definition) is 2. The fourth-order valence-corrected chi connectivity index (χ4v) is 1.45. The van der Waals surface area contributed by atoms with Gasteiger partial charge in [-0.2, -0.15) is 0 Å². The van der Waals surface area contributed by atoms with E-state index in [-0.39, 0.29) is 12.6 Å². The molecule has 0 aliphatic rings. The molecule has 0 fully saturated rings. The minimum Gasteiger partial charge on any atom is -0.395 e. The second kappa shape index (κ2) is 7.34. The molecule has 0 radical (unpaired) electrons. The van der Waals surface area contributed by atoms with Crippen molar-refractivity contribution in [3.05, 3.63) is 0 Å². The number of nitrogens with one attached hydrogen (secondary N) is 1. The lowest BCUT2D eigenvalue weighted by Gasteiger charge is -2.18. The van der Waals surface area contributed by atoms with E-state index < -0.39 is 0 Å². The van der Waals surface area contributed by atoms with Crippen molar-refractivity contribution in [3.8, 4) is 0 Å². The Morgan fingerprint density at radius 3 is 2.08 bits per heavy atom. The molecule has 0 saturated heterocycles. The summed E-state index contributed by atoms with van der Waals surface area (Å²) in [4.78, 5) is 0. The van der Waals surface area contributed by atoms with Crippen LogP contribution in [0.4, 0.5) is 0 Å². The van der Waals surface area contributed by atoms with Gasteiger partial charge in [0.25, 0.3) is 0 Å². The van der Waals surface area contributed by atoms with Crippen LogP contribution in [0.25, 0.3) is 0 Å². The SMILES string of the molecule is CC(C)CCCC(C)NC(C)CO. The quantitative estimate of drug-likeness (QED) is 0.640. The molecule has 80 valence electrons. The van der Waals surface area contributed by atoms with Gasteiger partial charge in [-0.1, -0.05) is 26.7 Å². The molecular weight excluding hydrogens is 162 g/mol. The van der Waals surface area contributed by atoms with E-state index in [1.165, 1.54) is 19.3 Å². The molecule has 13 heavy (non-hydrogen) atoms. The molecule has 0 aromatic rings. The Balaban J connectivity index is 3.34. The highest BCUT2D eigenvalue weighted by atomic mass is 16.3. The Morgan fingerprint density at radius 2 is 1.62 bits per heavy atom. The van der Waals surface area contributed by atoms with Gasteiger partial charge in [-0.25, -0.2) is 0 Å². The molecule has 2 atom stereocenters. The van der Waals surface area contributed by atoms with Crippen LogP contribution < -0.4 is 5.32 Å². The molecule has 2 unspecified atom stereocenters. The van der Waals surface area contributed by atoms with E-state index >= 15 is 0 Å². The summed E-state index contributed by atoms with van der Waals surface area (Å²) in [6, 6.07) is 0.759. The van der Waals surface area contributed by atoms with E-state index in [1.54, 1.807) is 0 Å². The van der Waals surface area contributed by atoms with Crippen LogP contribution in [-0.2, 0) is 0 Å². The maximum atomic E-state index is 8.83. The minimum absolute atomic E-state index is 0.231. The normalized spacial score (nSPS) is 16.2. The topological polar surface area (TPSA) is 32.3 Å². The molecule has 0 saturated carbocycles. The van der Waals surface area contributed by atoms with Crippen molar-refractivity contribution in [2.45, 2.75) is 59.0 Å². The van der Waals surface area contributed by atoms with Gasteiger partial charge in [0.1, 0.15) is 0 Å². The van der Waals surface area contributed by atoms with Gasteiger partial charge >= 0.3 is 0 Å². The summed E-state index contributed by atoms with van der Waals surface area (Å²) in [6.45, 7) is 8.95. The van der Waals surface area contributed by atoms with Gasteiger partial charge in [0, 0.05) is 12.1 Å². The van der Waals surface area contributed by atoms with Crippen molar-refractivity contribution in [1.82, 2.24) is 5.32 Å². The van der Waals surface area contributed by atoms with E-state index in [0.29, 0.717) is 6.04 Å². The molecule has 0 amide bonds. The van der Waals surface area contributed by atoms with Crippen molar-refractivity contribution in [1.29, 1.82) is 0 Å². The molecular formula is C11H25NO. The lowest BCUT2D eigenvalue weighted by molar-refractivity contribution is 0.239. The zero-order chi connectivity index (χ0) is 10.3. The summed E-state index contributed by atoms with van der Waals surface area (Å²) in [5.41, 5.74) is 0. The van der Waals surface area contributed by atoms with Crippen molar-refractivity contribution in [2.24, 2.45) is 5.92 Å². The molecule has 0 aliphatic heterocycles. The Hall–Kier alpha value is -0.0800. The standard InChI is InChI=1S/C11H25NO/c1-9(2)6-5-7-10(3)12-11(4)8-13/h9-13H,5-8H2,1-4H3. The second-order valence-electron chi connectivity index (χ2n) is 4.48. The first-order valence-electron chi connectivity index (χ1n) is 5.43. The Kier molecular flexibility index (Phi) is 7.29. The maximum Gasteiger partial charge on any atom is 0.0582 e. The maximum absolute atomic E-state index is 8.83. The summed E-state index contributed by atoms with van der Waals surface area (Å²) in [6.07, 6.45) is 3.80. The lowest BCUT2D eigenvalue weighted by atomic mass is 10.0. The number of rotatable bonds is 7. The van der Waals surface area contributed by atoms with Crippen LogP contribution in [0.3, 0.4) is 0 Å². The third kappa shape index (κ3) is 8.26. The first kappa shape index (κ1) is 12.9. The Morgan fingerprint density at radius 1 is 1.00 bits per heavy atom. The summed E-state index contributed by atoms with van der Waals surface area (Å²) >= 11 is 0. The highest BCUT2D eigenvalue weighted by molar-refractivity contribution is 4.66. The van der Waals surface area contributed by atoms with E-state index in [2.05, 4.69) is 26.1 Å². The third-order valence-electron chi connectivity index (χ3n) is 2.26. The monoisotopic (exact) mass is 187 g/mol. The van der Waals surface area contributed by atoms with Crippen LogP contribution in [0.5, 0.6) is 0 Å². The fraction of sp³-hybridized carbons (Fsp3) is 1.00. The molecule has 0 aromatic carbocycles. The van der Waals surface area contributed by atoms with Gasteiger partial charge in [-0.15, -0.1) is 0 Å². The average Bonchev–Trinajstić information content (AvgIpc) is 2.03. The fourth-order valence-electron chi connectivity index (χ4n) is 1.45. The summed E-state index contributed by atoms with van der Waals surface area (Å²) < 4.78 is 0. The van der Waals surface area contributed by atoms with Gasteiger partial charge in [-0.3, -0.25) is 0 Å². The molecule has 2 nitrogen and oxygen atoms in total. The molecule has 0 heterocycles. The van der Waals surface area contributed by atoms with Crippen molar-refractivity contribution in [2.75, 3.05) is 6.61 Å². The molecule has 0 bridgehead atoms. The van der Waals surface area contributed by atoms with Gasteiger partial charge in [0.05, 0.1) is 6.61 Å².